The number of rotatable bonds is 6. The van der Waals surface area contributed by atoms with Gasteiger partial charge in [0.1, 0.15) is 12.4 Å². The van der Waals surface area contributed by atoms with E-state index in [-0.39, 0.29) is 0 Å². The number of pyridine rings is 1. The third kappa shape index (κ3) is 4.43. The van der Waals surface area contributed by atoms with E-state index in [1.807, 2.05) is 49.4 Å². The summed E-state index contributed by atoms with van der Waals surface area (Å²) in [7, 11) is 0. The van der Waals surface area contributed by atoms with Crippen LogP contribution in [0.5, 0.6) is 5.75 Å². The summed E-state index contributed by atoms with van der Waals surface area (Å²) in [5, 5.41) is 2.07. The monoisotopic (exact) mass is 429 g/mol. The van der Waals surface area contributed by atoms with E-state index >= 15 is 0 Å². The van der Waals surface area contributed by atoms with E-state index < -0.39 is 0 Å². The Kier molecular flexibility index (Phi) is 5.76. The zero-order valence-electron chi connectivity index (χ0n) is 15.1. The van der Waals surface area contributed by atoms with Crippen molar-refractivity contribution >= 4 is 46.0 Å². The number of halogens is 2. The number of thioether (sulfide) groups is 1. The first-order valence-electron chi connectivity index (χ1n) is 8.68. The molecule has 4 aromatic rings. The van der Waals surface area contributed by atoms with Crippen molar-refractivity contribution < 1.29 is 4.74 Å². The summed E-state index contributed by atoms with van der Waals surface area (Å²) in [4.78, 5) is 12.4. The second-order valence-corrected chi connectivity index (χ2v) is 8.13. The Hall–Kier alpha value is -2.21. The number of nitrogens with zero attached hydrogens (tertiary/aromatic N) is 2. The van der Waals surface area contributed by atoms with Gasteiger partial charge in [0, 0.05) is 27.6 Å². The molecular formula is C21H17Cl2N3OS. The van der Waals surface area contributed by atoms with Crippen molar-refractivity contribution in [3.05, 3.63) is 81.6 Å². The number of H-pyrrole nitrogens is 1. The summed E-state index contributed by atoms with van der Waals surface area (Å²) in [5.41, 5.74) is 4.90. The molecule has 2 aromatic carbocycles. The molecule has 28 heavy (non-hydrogen) atoms. The maximum atomic E-state index is 6.06. The van der Waals surface area contributed by atoms with Crippen LogP contribution in [0.15, 0.2) is 59.9 Å². The molecule has 4 rings (SSSR count). The molecule has 0 bridgehead atoms. The summed E-state index contributed by atoms with van der Waals surface area (Å²) in [5.74, 6) is 1.50. The van der Waals surface area contributed by atoms with Crippen LogP contribution < -0.4 is 4.74 Å². The minimum absolute atomic E-state index is 0.390. The first-order chi connectivity index (χ1) is 13.6. The van der Waals surface area contributed by atoms with Gasteiger partial charge in [0.25, 0.3) is 0 Å². The van der Waals surface area contributed by atoms with Crippen molar-refractivity contribution in [1.82, 2.24) is 15.0 Å². The Balaban J connectivity index is 1.45. The third-order valence-corrected chi connectivity index (χ3v) is 5.61. The number of benzene rings is 2. The highest BCUT2D eigenvalue weighted by molar-refractivity contribution is 7.98. The van der Waals surface area contributed by atoms with E-state index in [2.05, 4.69) is 15.0 Å². The third-order valence-electron chi connectivity index (χ3n) is 4.29. The maximum Gasteiger partial charge on any atom is 0.166 e. The van der Waals surface area contributed by atoms with Gasteiger partial charge in [-0.05, 0) is 48.9 Å². The lowest BCUT2D eigenvalue weighted by Crippen LogP contribution is -2.00. The highest BCUT2D eigenvalue weighted by atomic mass is 35.5. The molecular weight excluding hydrogens is 413 g/mol. The number of hydrogen-bond acceptors (Lipinski definition) is 4. The van der Waals surface area contributed by atoms with Crippen molar-refractivity contribution in [3.8, 4) is 5.75 Å². The van der Waals surface area contributed by atoms with Gasteiger partial charge in [-0.3, -0.25) is 4.98 Å². The highest BCUT2D eigenvalue weighted by Crippen LogP contribution is 2.28. The van der Waals surface area contributed by atoms with Gasteiger partial charge in [0.05, 0.1) is 16.7 Å². The van der Waals surface area contributed by atoms with E-state index in [1.54, 1.807) is 24.0 Å². The number of nitrogens with one attached hydrogen (secondary N) is 1. The van der Waals surface area contributed by atoms with E-state index in [9.17, 15) is 0 Å². The average molecular weight is 430 g/mol. The summed E-state index contributed by atoms with van der Waals surface area (Å²) < 4.78 is 5.98. The smallest absolute Gasteiger partial charge is 0.166 e. The minimum atomic E-state index is 0.390. The summed E-state index contributed by atoms with van der Waals surface area (Å²) in [6, 6.07) is 15.3. The topological polar surface area (TPSA) is 50.8 Å². The van der Waals surface area contributed by atoms with E-state index in [4.69, 9.17) is 27.9 Å². The Labute approximate surface area is 177 Å². The second kappa shape index (κ2) is 8.43. The Morgan fingerprint density at radius 3 is 2.64 bits per heavy atom. The molecule has 0 unspecified atom stereocenters. The molecule has 2 heterocycles. The molecule has 0 atom stereocenters. The van der Waals surface area contributed by atoms with Gasteiger partial charge in [-0.25, -0.2) is 4.98 Å². The first-order valence-corrected chi connectivity index (χ1v) is 10.4. The van der Waals surface area contributed by atoms with Crippen LogP contribution in [0, 0.1) is 6.92 Å². The maximum absolute atomic E-state index is 6.06. The highest BCUT2D eigenvalue weighted by Gasteiger charge is 2.10. The van der Waals surface area contributed by atoms with Gasteiger partial charge in [0.2, 0.25) is 0 Å². The molecule has 0 aliphatic carbocycles. The molecule has 0 spiro atoms. The van der Waals surface area contributed by atoms with Gasteiger partial charge >= 0.3 is 0 Å². The van der Waals surface area contributed by atoms with E-state index in [0.717, 1.165) is 38.8 Å². The number of aromatic nitrogens is 3. The average Bonchev–Trinajstić information content (AvgIpc) is 3.08. The Morgan fingerprint density at radius 1 is 1.07 bits per heavy atom. The lowest BCUT2D eigenvalue weighted by Gasteiger charge is -2.12. The molecule has 0 aliphatic heterocycles. The molecule has 0 saturated heterocycles. The largest absolute Gasteiger partial charge is 0.489 e. The fourth-order valence-electron chi connectivity index (χ4n) is 2.85. The Bertz CT molecular complexity index is 1080. The SMILES string of the molecule is Cc1c(OCc2cc(Cl)cc(Cl)c2)ccnc1CSc1nc2ccccc2[nH]1. The number of imidazole rings is 1. The molecule has 0 aliphatic rings. The lowest BCUT2D eigenvalue weighted by atomic mass is 10.2. The number of para-hydroxylation sites is 2. The van der Waals surface area contributed by atoms with E-state index in [0.29, 0.717) is 22.4 Å². The van der Waals surface area contributed by atoms with Crippen molar-refractivity contribution in [2.75, 3.05) is 0 Å². The molecule has 142 valence electrons. The fourth-order valence-corrected chi connectivity index (χ4v) is 4.33. The van der Waals surface area contributed by atoms with Crippen LogP contribution in [-0.4, -0.2) is 15.0 Å². The summed E-state index contributed by atoms with van der Waals surface area (Å²) in [6.45, 7) is 2.41. The predicted molar refractivity (Wildman–Crippen MR) is 115 cm³/mol. The molecule has 0 amide bonds. The van der Waals surface area contributed by atoms with Gasteiger partial charge < -0.3 is 9.72 Å². The summed E-state index contributed by atoms with van der Waals surface area (Å²) in [6.07, 6.45) is 1.77. The zero-order valence-corrected chi connectivity index (χ0v) is 17.4. The fraction of sp³-hybridized carbons (Fsp3) is 0.143. The van der Waals surface area contributed by atoms with Crippen molar-refractivity contribution in [3.63, 3.8) is 0 Å². The molecule has 0 radical (unpaired) electrons. The van der Waals surface area contributed by atoms with E-state index in [1.165, 1.54) is 0 Å². The molecule has 2 aromatic heterocycles. The Morgan fingerprint density at radius 2 is 1.86 bits per heavy atom. The van der Waals surface area contributed by atoms with Crippen molar-refractivity contribution in [2.24, 2.45) is 0 Å². The summed E-state index contributed by atoms with van der Waals surface area (Å²) >= 11 is 13.7. The number of aromatic amines is 1. The predicted octanol–water partition coefficient (Wildman–Crippen LogP) is 6.44. The van der Waals surface area contributed by atoms with Crippen LogP contribution in [-0.2, 0) is 12.4 Å². The standard InChI is InChI=1S/C21H17Cl2N3OS/c1-13-19(12-28-21-25-17-4-2-3-5-18(17)26-21)24-7-6-20(13)27-11-14-8-15(22)10-16(23)9-14/h2-10H,11-12H2,1H3,(H,25,26). The van der Waals surface area contributed by atoms with Gasteiger partial charge in [-0.15, -0.1) is 0 Å². The second-order valence-electron chi connectivity index (χ2n) is 6.29. The van der Waals surface area contributed by atoms with Crippen molar-refractivity contribution in [1.29, 1.82) is 0 Å². The molecule has 0 saturated carbocycles. The lowest BCUT2D eigenvalue weighted by molar-refractivity contribution is 0.303. The molecule has 7 heteroatoms. The van der Waals surface area contributed by atoms with Gasteiger partial charge in [-0.2, -0.15) is 0 Å². The van der Waals surface area contributed by atoms with Crippen LogP contribution in [0.25, 0.3) is 11.0 Å². The molecule has 1 N–H and O–H groups in total. The molecule has 0 fully saturated rings. The van der Waals surface area contributed by atoms with Crippen LogP contribution in [0.2, 0.25) is 10.0 Å². The van der Waals surface area contributed by atoms with Crippen LogP contribution in [0.4, 0.5) is 0 Å². The number of ether oxygens (including phenoxy) is 1. The normalized spacial score (nSPS) is 11.1. The molecule has 4 nitrogen and oxygen atoms in total. The zero-order chi connectivity index (χ0) is 19.5. The quantitative estimate of drug-likeness (QED) is 0.358. The van der Waals surface area contributed by atoms with Crippen LogP contribution >= 0.6 is 35.0 Å². The van der Waals surface area contributed by atoms with Crippen molar-refractivity contribution in [2.45, 2.75) is 24.4 Å². The van der Waals surface area contributed by atoms with Gasteiger partial charge in [-0.1, -0.05) is 47.1 Å². The number of fused-ring (bicyclic) bond motifs is 1. The first kappa shape index (κ1) is 19.1. The number of hydrogen-bond donors (Lipinski definition) is 1. The van der Waals surface area contributed by atoms with Gasteiger partial charge in [0.15, 0.2) is 5.16 Å². The van der Waals surface area contributed by atoms with Crippen LogP contribution in [0.1, 0.15) is 16.8 Å². The minimum Gasteiger partial charge on any atom is -0.489 e. The van der Waals surface area contributed by atoms with Crippen LogP contribution in [0.3, 0.4) is 0 Å².